The molecule has 0 bridgehead atoms. The van der Waals surface area contributed by atoms with Gasteiger partial charge in [-0.15, -0.1) is 0 Å². The Kier molecular flexibility index (Phi) is 2.98. The molecule has 0 saturated heterocycles. The van der Waals surface area contributed by atoms with Crippen LogP contribution >= 0.6 is 0 Å². The largest absolute Gasteiger partial charge is 0.428 e. The maximum Gasteiger partial charge on any atom is 0.298 e. The summed E-state index contributed by atoms with van der Waals surface area (Å²) in [5.41, 5.74) is 0. The zero-order chi connectivity index (χ0) is 16.8. The highest BCUT2D eigenvalue weighted by Gasteiger charge is 2.06. The van der Waals surface area contributed by atoms with E-state index in [0.717, 1.165) is 16.2 Å². The van der Waals surface area contributed by atoms with Crippen molar-refractivity contribution in [1.82, 2.24) is 0 Å². The molecule has 0 fully saturated rings. The van der Waals surface area contributed by atoms with Crippen molar-refractivity contribution in [2.24, 2.45) is 0 Å². The Balaban J connectivity index is 1.86. The third-order valence-corrected chi connectivity index (χ3v) is 4.79. The van der Waals surface area contributed by atoms with Crippen LogP contribution in [0.15, 0.2) is 78.9 Å². The number of benzene rings is 5. The van der Waals surface area contributed by atoms with Crippen molar-refractivity contribution >= 4 is 49.6 Å². The first-order valence-electron chi connectivity index (χ1n) is 8.21. The molecule has 0 heterocycles. The van der Waals surface area contributed by atoms with Gasteiger partial charge in [-0.1, -0.05) is 36.4 Å². The molecule has 0 unspecified atom stereocenters. The van der Waals surface area contributed by atoms with Crippen molar-refractivity contribution in [3.05, 3.63) is 78.9 Å². The van der Waals surface area contributed by atoms with Gasteiger partial charge in [-0.2, -0.15) is 0 Å². The summed E-state index contributed by atoms with van der Waals surface area (Å²) < 4.78 is 5.13. The van der Waals surface area contributed by atoms with E-state index in [0.29, 0.717) is 12.2 Å². The molecule has 5 aromatic rings. The predicted molar refractivity (Wildman–Crippen MR) is 103 cm³/mol. The van der Waals surface area contributed by atoms with Gasteiger partial charge in [0.25, 0.3) is 6.47 Å². The summed E-state index contributed by atoms with van der Waals surface area (Å²) in [4.78, 5) is 10.8. The van der Waals surface area contributed by atoms with Crippen molar-refractivity contribution in [3.8, 4) is 5.75 Å². The first-order chi connectivity index (χ1) is 12.3. The summed E-state index contributed by atoms with van der Waals surface area (Å²) >= 11 is 0. The van der Waals surface area contributed by atoms with E-state index in [1.54, 1.807) is 0 Å². The minimum absolute atomic E-state index is 0.478. The molecular formula is C23H14O2. The van der Waals surface area contributed by atoms with E-state index in [2.05, 4.69) is 60.7 Å². The van der Waals surface area contributed by atoms with E-state index < -0.39 is 0 Å². The van der Waals surface area contributed by atoms with E-state index >= 15 is 0 Å². The summed E-state index contributed by atoms with van der Waals surface area (Å²) in [5.74, 6) is 0.591. The normalized spacial score (nSPS) is 11.4. The van der Waals surface area contributed by atoms with E-state index in [1.807, 2.05) is 18.2 Å². The van der Waals surface area contributed by atoms with Gasteiger partial charge in [-0.25, -0.2) is 0 Å². The van der Waals surface area contributed by atoms with Crippen LogP contribution in [0.5, 0.6) is 5.75 Å². The second-order valence-corrected chi connectivity index (χ2v) is 6.29. The van der Waals surface area contributed by atoms with E-state index in [1.165, 1.54) is 26.9 Å². The number of ether oxygens (including phenoxy) is 1. The highest BCUT2D eigenvalue weighted by molar-refractivity contribution is 6.09. The first kappa shape index (κ1) is 14.0. The van der Waals surface area contributed by atoms with Crippen LogP contribution in [-0.4, -0.2) is 6.47 Å². The maximum absolute atomic E-state index is 10.8. The molecule has 0 atom stereocenters. The highest BCUT2D eigenvalue weighted by Crippen LogP contribution is 2.33. The topological polar surface area (TPSA) is 26.3 Å². The van der Waals surface area contributed by atoms with Gasteiger partial charge in [-0.3, -0.25) is 4.79 Å². The zero-order valence-corrected chi connectivity index (χ0v) is 13.4. The van der Waals surface area contributed by atoms with Crippen LogP contribution < -0.4 is 4.74 Å². The lowest BCUT2D eigenvalue weighted by Crippen LogP contribution is -1.89. The van der Waals surface area contributed by atoms with Gasteiger partial charge in [0.15, 0.2) is 0 Å². The molecule has 5 rings (SSSR count). The van der Waals surface area contributed by atoms with Crippen LogP contribution in [0.1, 0.15) is 0 Å². The molecule has 0 N–H and O–H groups in total. The average Bonchev–Trinajstić information content (AvgIpc) is 2.64. The summed E-state index contributed by atoms with van der Waals surface area (Å²) in [6.45, 7) is 0.478. The van der Waals surface area contributed by atoms with Crippen LogP contribution in [0.4, 0.5) is 0 Å². The van der Waals surface area contributed by atoms with Gasteiger partial charge < -0.3 is 4.74 Å². The number of rotatable bonds is 2. The van der Waals surface area contributed by atoms with Crippen molar-refractivity contribution in [2.45, 2.75) is 0 Å². The molecule has 0 amide bonds. The predicted octanol–water partition coefficient (Wildman–Crippen LogP) is 5.83. The van der Waals surface area contributed by atoms with E-state index in [-0.39, 0.29) is 0 Å². The van der Waals surface area contributed by atoms with Gasteiger partial charge in [0.1, 0.15) is 5.75 Å². The second kappa shape index (κ2) is 5.32. The fraction of sp³-hybridized carbons (Fsp3) is 0. The van der Waals surface area contributed by atoms with E-state index in [4.69, 9.17) is 4.74 Å². The molecule has 0 aliphatic heterocycles. The standard InChI is InChI=1S/C23H14O2/c24-14-25-23-7-3-6-17-10-20-11-18-8-15-4-1-2-5-16(15)9-19(18)12-21(20)13-22(17)23/h1-14H. The molecule has 2 heteroatoms. The van der Waals surface area contributed by atoms with Crippen LogP contribution in [0.3, 0.4) is 0 Å². The minimum atomic E-state index is 0.478. The smallest absolute Gasteiger partial charge is 0.298 e. The minimum Gasteiger partial charge on any atom is -0.428 e. The zero-order valence-electron chi connectivity index (χ0n) is 13.4. The summed E-state index contributed by atoms with van der Waals surface area (Å²) in [5, 5.41) is 9.24. The molecule has 118 valence electrons. The monoisotopic (exact) mass is 322 g/mol. The van der Waals surface area contributed by atoms with Crippen molar-refractivity contribution in [3.63, 3.8) is 0 Å². The molecule has 25 heavy (non-hydrogen) atoms. The van der Waals surface area contributed by atoms with Gasteiger partial charge in [0.2, 0.25) is 0 Å². The number of carbonyl (C=O) groups excluding carboxylic acids is 1. The molecular weight excluding hydrogens is 308 g/mol. The van der Waals surface area contributed by atoms with Crippen LogP contribution in [0.25, 0.3) is 43.1 Å². The fourth-order valence-corrected chi connectivity index (χ4v) is 3.60. The molecule has 0 aliphatic carbocycles. The number of fused-ring (bicyclic) bond motifs is 4. The Hall–Kier alpha value is -3.39. The Morgan fingerprint density at radius 2 is 1.08 bits per heavy atom. The van der Waals surface area contributed by atoms with Gasteiger partial charge in [0, 0.05) is 5.39 Å². The Morgan fingerprint density at radius 1 is 0.560 bits per heavy atom. The summed E-state index contributed by atoms with van der Waals surface area (Å²) in [6.07, 6.45) is 0. The number of hydrogen-bond donors (Lipinski definition) is 0. The van der Waals surface area contributed by atoms with Crippen LogP contribution in [-0.2, 0) is 4.79 Å². The van der Waals surface area contributed by atoms with Crippen LogP contribution in [0.2, 0.25) is 0 Å². The van der Waals surface area contributed by atoms with Gasteiger partial charge >= 0.3 is 0 Å². The number of carbonyl (C=O) groups is 1. The maximum atomic E-state index is 10.8. The van der Waals surface area contributed by atoms with Gasteiger partial charge in [-0.05, 0) is 80.2 Å². The second-order valence-electron chi connectivity index (χ2n) is 6.29. The third kappa shape index (κ3) is 2.23. The SMILES string of the molecule is O=COc1cccc2cc3cc4cc5ccccc5cc4cc3cc12. The Bertz CT molecular complexity index is 1290. The highest BCUT2D eigenvalue weighted by atomic mass is 16.5. The molecule has 0 radical (unpaired) electrons. The van der Waals surface area contributed by atoms with Crippen LogP contribution in [0, 0.1) is 0 Å². The lowest BCUT2D eigenvalue weighted by molar-refractivity contribution is -0.120. The van der Waals surface area contributed by atoms with Crippen molar-refractivity contribution < 1.29 is 9.53 Å². The molecule has 2 nitrogen and oxygen atoms in total. The fourth-order valence-electron chi connectivity index (χ4n) is 3.60. The first-order valence-corrected chi connectivity index (χ1v) is 8.21. The third-order valence-electron chi connectivity index (χ3n) is 4.79. The quantitative estimate of drug-likeness (QED) is 0.302. The molecule has 0 saturated carbocycles. The van der Waals surface area contributed by atoms with Gasteiger partial charge in [0.05, 0.1) is 0 Å². The van der Waals surface area contributed by atoms with E-state index in [9.17, 15) is 4.79 Å². The molecule has 0 aromatic heterocycles. The summed E-state index contributed by atoms with van der Waals surface area (Å²) in [6, 6.07) is 27.3. The summed E-state index contributed by atoms with van der Waals surface area (Å²) in [7, 11) is 0. The lowest BCUT2D eigenvalue weighted by Gasteiger charge is -2.09. The average molecular weight is 322 g/mol. The Labute approximate surface area is 144 Å². The molecule has 5 aromatic carbocycles. The molecule has 0 aliphatic rings. The molecule has 0 spiro atoms. The number of hydrogen-bond acceptors (Lipinski definition) is 2. The van der Waals surface area contributed by atoms with Crippen molar-refractivity contribution in [2.75, 3.05) is 0 Å². The Morgan fingerprint density at radius 3 is 1.72 bits per heavy atom. The van der Waals surface area contributed by atoms with Crippen molar-refractivity contribution in [1.29, 1.82) is 0 Å². The lowest BCUT2D eigenvalue weighted by atomic mass is 9.97.